The van der Waals surface area contributed by atoms with Crippen molar-refractivity contribution in [3.05, 3.63) is 58.7 Å². The van der Waals surface area contributed by atoms with Crippen molar-refractivity contribution in [2.24, 2.45) is 5.92 Å². The number of rotatable bonds is 1. The van der Waals surface area contributed by atoms with E-state index >= 15 is 0 Å². The van der Waals surface area contributed by atoms with Crippen molar-refractivity contribution in [3.63, 3.8) is 0 Å². The minimum absolute atomic E-state index is 0.101. The van der Waals surface area contributed by atoms with Crippen LogP contribution in [0, 0.1) is 5.92 Å². The molecule has 0 saturated carbocycles. The van der Waals surface area contributed by atoms with Crippen LogP contribution in [0.4, 0.5) is 13.2 Å². The fourth-order valence-corrected chi connectivity index (χ4v) is 2.93. The number of allylic oxidation sites excluding steroid dienone is 10. The maximum atomic E-state index is 12.6. The largest absolute Gasteiger partial charge is 0.412 e. The first kappa shape index (κ1) is 12.5. The summed E-state index contributed by atoms with van der Waals surface area (Å²) < 4.78 is 37.7. The summed E-state index contributed by atoms with van der Waals surface area (Å²) in [5, 5.41) is 0. The van der Waals surface area contributed by atoms with Gasteiger partial charge in [-0.1, -0.05) is 42.0 Å². The van der Waals surface area contributed by atoms with Crippen LogP contribution in [0.2, 0.25) is 0 Å². The third-order valence-electron chi connectivity index (χ3n) is 4.06. The maximum absolute atomic E-state index is 12.6. The van der Waals surface area contributed by atoms with Gasteiger partial charge in [-0.2, -0.15) is 13.2 Å². The Hall–Kier alpha value is -1.51. The lowest BCUT2D eigenvalue weighted by Gasteiger charge is -2.23. The van der Waals surface area contributed by atoms with Gasteiger partial charge in [0.2, 0.25) is 0 Å². The number of fused-ring (bicyclic) bond motifs is 1. The van der Waals surface area contributed by atoms with Gasteiger partial charge in [0.15, 0.2) is 0 Å². The molecule has 0 fully saturated rings. The summed E-state index contributed by atoms with van der Waals surface area (Å²) >= 11 is 0. The zero-order valence-corrected chi connectivity index (χ0v) is 10.5. The van der Waals surface area contributed by atoms with Crippen LogP contribution >= 0.6 is 0 Å². The highest BCUT2D eigenvalue weighted by atomic mass is 19.4. The van der Waals surface area contributed by atoms with Crippen LogP contribution in [-0.4, -0.2) is 6.18 Å². The molecule has 0 radical (unpaired) electrons. The molecule has 3 aliphatic carbocycles. The zero-order chi connectivity index (χ0) is 13.5. The van der Waals surface area contributed by atoms with Gasteiger partial charge in [-0.3, -0.25) is 0 Å². The van der Waals surface area contributed by atoms with E-state index in [1.54, 1.807) is 6.08 Å². The maximum Gasteiger partial charge on any atom is 0.412 e. The van der Waals surface area contributed by atoms with Crippen molar-refractivity contribution < 1.29 is 13.2 Å². The van der Waals surface area contributed by atoms with E-state index in [-0.39, 0.29) is 6.42 Å². The van der Waals surface area contributed by atoms with E-state index in [0.717, 1.165) is 18.4 Å². The Morgan fingerprint density at radius 3 is 2.42 bits per heavy atom. The second-order valence-electron chi connectivity index (χ2n) is 5.26. The molecule has 3 rings (SSSR count). The molecule has 0 spiro atoms. The normalized spacial score (nSPS) is 26.4. The smallest absolute Gasteiger partial charge is 0.166 e. The Labute approximate surface area is 110 Å². The molecule has 0 aromatic rings. The van der Waals surface area contributed by atoms with Crippen LogP contribution in [0.15, 0.2) is 58.7 Å². The molecule has 0 amide bonds. The molecule has 0 aliphatic heterocycles. The van der Waals surface area contributed by atoms with Crippen LogP contribution in [0.25, 0.3) is 0 Å². The summed E-state index contributed by atoms with van der Waals surface area (Å²) in [5.74, 6) is 0.467. The molecule has 0 bridgehead atoms. The average molecular weight is 264 g/mol. The molecule has 100 valence electrons. The van der Waals surface area contributed by atoms with Crippen LogP contribution < -0.4 is 0 Å². The van der Waals surface area contributed by atoms with Crippen molar-refractivity contribution in [1.29, 1.82) is 0 Å². The van der Waals surface area contributed by atoms with Crippen molar-refractivity contribution in [2.45, 2.75) is 31.9 Å². The molecule has 0 heterocycles. The molecule has 0 N–H and O–H groups in total. The first-order valence-electron chi connectivity index (χ1n) is 6.57. The van der Waals surface area contributed by atoms with Crippen LogP contribution in [-0.2, 0) is 0 Å². The lowest BCUT2D eigenvalue weighted by atomic mass is 9.83. The molecule has 0 saturated heterocycles. The minimum atomic E-state index is -4.18. The van der Waals surface area contributed by atoms with Crippen LogP contribution in [0.3, 0.4) is 0 Å². The number of hydrogen-bond donors (Lipinski definition) is 0. The fourth-order valence-electron chi connectivity index (χ4n) is 2.93. The van der Waals surface area contributed by atoms with Gasteiger partial charge >= 0.3 is 6.18 Å². The second kappa shape index (κ2) is 4.55. The van der Waals surface area contributed by atoms with Crippen molar-refractivity contribution >= 4 is 0 Å². The third-order valence-corrected chi connectivity index (χ3v) is 4.06. The quantitative estimate of drug-likeness (QED) is 0.583. The highest BCUT2D eigenvalue weighted by Crippen LogP contribution is 2.40. The topological polar surface area (TPSA) is 0 Å². The van der Waals surface area contributed by atoms with Crippen LogP contribution in [0.5, 0.6) is 0 Å². The standard InChI is InChI=1S/C16H15F3/c17-16(18,19)15-8-6-12(7-9-15)14-5-4-11-2-1-3-13(11)10-14/h1,3-6,8,13H,2,7,9-10H2. The summed E-state index contributed by atoms with van der Waals surface area (Å²) in [7, 11) is 0. The van der Waals surface area contributed by atoms with E-state index in [1.165, 1.54) is 17.2 Å². The van der Waals surface area contributed by atoms with E-state index in [9.17, 15) is 13.2 Å². The van der Waals surface area contributed by atoms with E-state index < -0.39 is 11.7 Å². The Bertz CT molecular complexity index is 539. The van der Waals surface area contributed by atoms with Crippen molar-refractivity contribution in [2.75, 3.05) is 0 Å². The summed E-state index contributed by atoms with van der Waals surface area (Å²) in [5.41, 5.74) is 3.26. The highest BCUT2D eigenvalue weighted by Gasteiger charge is 2.34. The predicted octanol–water partition coefficient (Wildman–Crippen LogP) is 5.03. The minimum Gasteiger partial charge on any atom is -0.166 e. The fraction of sp³-hybridized carbons (Fsp3) is 0.375. The number of hydrogen-bond acceptors (Lipinski definition) is 0. The highest BCUT2D eigenvalue weighted by molar-refractivity contribution is 5.46. The molecular formula is C16H15F3. The van der Waals surface area contributed by atoms with E-state index in [0.29, 0.717) is 12.3 Å². The van der Waals surface area contributed by atoms with Gasteiger partial charge in [-0.25, -0.2) is 0 Å². The summed E-state index contributed by atoms with van der Waals surface area (Å²) in [6.07, 6.45) is 9.85. The SMILES string of the molecule is FC(F)(F)C1=CC=C(C2=CC=C3CC=CC3C2)CC1. The summed E-state index contributed by atoms with van der Waals surface area (Å²) in [6, 6.07) is 0. The Morgan fingerprint density at radius 1 is 0.947 bits per heavy atom. The molecule has 3 aliphatic rings. The summed E-state index contributed by atoms with van der Waals surface area (Å²) in [6.45, 7) is 0. The monoisotopic (exact) mass is 264 g/mol. The Morgan fingerprint density at radius 2 is 1.74 bits per heavy atom. The van der Waals surface area contributed by atoms with E-state index in [1.807, 2.05) is 0 Å². The Kier molecular flexibility index (Phi) is 3.00. The zero-order valence-electron chi connectivity index (χ0n) is 10.5. The molecule has 3 heteroatoms. The van der Waals surface area contributed by atoms with Gasteiger partial charge < -0.3 is 0 Å². The van der Waals surface area contributed by atoms with Gasteiger partial charge in [-0.05, 0) is 36.8 Å². The molecule has 19 heavy (non-hydrogen) atoms. The predicted molar refractivity (Wildman–Crippen MR) is 69.5 cm³/mol. The third kappa shape index (κ3) is 2.46. The summed E-state index contributed by atoms with van der Waals surface area (Å²) in [4.78, 5) is 0. The Balaban J connectivity index is 1.80. The van der Waals surface area contributed by atoms with Crippen molar-refractivity contribution in [3.8, 4) is 0 Å². The second-order valence-corrected chi connectivity index (χ2v) is 5.26. The van der Waals surface area contributed by atoms with Gasteiger partial charge in [0.25, 0.3) is 0 Å². The first-order chi connectivity index (χ1) is 9.04. The van der Waals surface area contributed by atoms with Gasteiger partial charge in [0, 0.05) is 11.5 Å². The molecule has 0 aromatic carbocycles. The van der Waals surface area contributed by atoms with E-state index in [2.05, 4.69) is 24.3 Å². The molecule has 0 aromatic heterocycles. The van der Waals surface area contributed by atoms with E-state index in [4.69, 9.17) is 0 Å². The van der Waals surface area contributed by atoms with Crippen molar-refractivity contribution in [1.82, 2.24) is 0 Å². The number of halogens is 3. The molecule has 0 nitrogen and oxygen atoms in total. The molecular weight excluding hydrogens is 249 g/mol. The van der Waals surface area contributed by atoms with Gasteiger partial charge in [-0.15, -0.1) is 0 Å². The average Bonchev–Trinajstić information content (AvgIpc) is 2.85. The lowest BCUT2D eigenvalue weighted by Crippen LogP contribution is -2.14. The van der Waals surface area contributed by atoms with Gasteiger partial charge in [0.05, 0.1) is 0 Å². The molecule has 1 atom stereocenters. The van der Waals surface area contributed by atoms with Crippen LogP contribution in [0.1, 0.15) is 25.7 Å². The molecule has 1 unspecified atom stereocenters. The lowest BCUT2D eigenvalue weighted by molar-refractivity contribution is -0.0941. The van der Waals surface area contributed by atoms with Gasteiger partial charge in [0.1, 0.15) is 0 Å². The number of alkyl halides is 3. The first-order valence-corrected chi connectivity index (χ1v) is 6.57.